The minimum absolute atomic E-state index is 0. The van der Waals surface area contributed by atoms with Crippen molar-refractivity contribution < 1.29 is 4.79 Å². The second kappa shape index (κ2) is 7.51. The van der Waals surface area contributed by atoms with Crippen LogP contribution in [0.3, 0.4) is 0 Å². The Hall–Kier alpha value is -0.480. The predicted octanol–water partition coefficient (Wildman–Crippen LogP) is 3.43. The third-order valence-corrected chi connectivity index (χ3v) is 3.97. The van der Waals surface area contributed by atoms with Gasteiger partial charge in [-0.15, -0.1) is 12.4 Å². The Labute approximate surface area is 135 Å². The molecule has 0 bridgehead atoms. The van der Waals surface area contributed by atoms with Crippen LogP contribution >= 0.6 is 35.6 Å². The van der Waals surface area contributed by atoms with Gasteiger partial charge >= 0.3 is 0 Å². The fraction of sp³-hybridized carbons (Fsp3) is 0.500. The second-order valence-corrected chi connectivity index (χ2v) is 5.95. The molecule has 112 valence electrons. The molecule has 1 unspecified atom stereocenters. The Morgan fingerprint density at radius 2 is 2.15 bits per heavy atom. The third-order valence-electron chi connectivity index (χ3n) is 3.42. The molecular weight excluding hydrogens is 319 g/mol. The molecule has 1 atom stereocenters. The van der Waals surface area contributed by atoms with E-state index in [2.05, 4.69) is 0 Å². The lowest BCUT2D eigenvalue weighted by atomic mass is 9.99. The Morgan fingerprint density at radius 3 is 2.80 bits per heavy atom. The summed E-state index contributed by atoms with van der Waals surface area (Å²) in [4.78, 5) is 13.9. The molecule has 1 aliphatic heterocycles. The van der Waals surface area contributed by atoms with Crippen molar-refractivity contribution in [3.8, 4) is 0 Å². The van der Waals surface area contributed by atoms with Gasteiger partial charge in [0.05, 0.1) is 0 Å². The van der Waals surface area contributed by atoms with Gasteiger partial charge in [0.1, 0.15) is 0 Å². The van der Waals surface area contributed by atoms with E-state index in [-0.39, 0.29) is 24.4 Å². The Morgan fingerprint density at radius 1 is 1.45 bits per heavy atom. The molecule has 0 spiro atoms. The summed E-state index contributed by atoms with van der Waals surface area (Å²) in [5.41, 5.74) is 7.85. The zero-order valence-electron chi connectivity index (χ0n) is 11.4. The normalized spacial score (nSPS) is 15.3. The van der Waals surface area contributed by atoms with E-state index < -0.39 is 0 Å². The highest BCUT2D eigenvalue weighted by atomic mass is 35.5. The molecule has 1 aromatic rings. The molecule has 0 fully saturated rings. The molecule has 1 aliphatic rings. The maximum absolute atomic E-state index is 12.1. The van der Waals surface area contributed by atoms with Crippen molar-refractivity contribution in [3.63, 3.8) is 0 Å². The summed E-state index contributed by atoms with van der Waals surface area (Å²) in [7, 11) is 0. The van der Waals surface area contributed by atoms with Crippen LogP contribution in [-0.2, 0) is 17.8 Å². The fourth-order valence-electron chi connectivity index (χ4n) is 2.30. The summed E-state index contributed by atoms with van der Waals surface area (Å²) in [6.07, 6.45) is 2.02. The summed E-state index contributed by atoms with van der Waals surface area (Å²) >= 11 is 12.2. The number of carbonyl (C=O) groups is 1. The van der Waals surface area contributed by atoms with Gasteiger partial charge in [-0.25, -0.2) is 0 Å². The molecule has 2 N–H and O–H groups in total. The number of carbonyl (C=O) groups excluding carboxylic acids is 1. The van der Waals surface area contributed by atoms with Crippen LogP contribution in [0.1, 0.15) is 30.9 Å². The lowest BCUT2D eigenvalue weighted by Gasteiger charge is -2.30. The van der Waals surface area contributed by atoms with Crippen molar-refractivity contribution in [1.29, 1.82) is 0 Å². The van der Waals surface area contributed by atoms with Gasteiger partial charge in [-0.3, -0.25) is 4.79 Å². The number of nitrogens with zero attached hydrogens (tertiary/aromatic N) is 1. The first-order valence-electron chi connectivity index (χ1n) is 6.47. The number of nitrogens with two attached hydrogens (primary N) is 1. The summed E-state index contributed by atoms with van der Waals surface area (Å²) in [6, 6.07) is 3.73. The van der Waals surface area contributed by atoms with Crippen molar-refractivity contribution in [3.05, 3.63) is 33.3 Å². The first-order chi connectivity index (χ1) is 8.97. The monoisotopic (exact) mass is 336 g/mol. The van der Waals surface area contributed by atoms with Gasteiger partial charge in [0.2, 0.25) is 5.91 Å². The standard InChI is InChI=1S/C14H18Cl2N2O.ClH/c1-9(17)2-3-14(19)18-5-4-10-6-11(15)7-13(16)12(10)8-18;/h6-7,9H,2-5,8,17H2,1H3;1H. The lowest BCUT2D eigenvalue weighted by Crippen LogP contribution is -2.36. The smallest absolute Gasteiger partial charge is 0.222 e. The zero-order valence-corrected chi connectivity index (χ0v) is 13.7. The van der Waals surface area contributed by atoms with Gasteiger partial charge in [-0.1, -0.05) is 23.2 Å². The van der Waals surface area contributed by atoms with Crippen molar-refractivity contribution in [2.75, 3.05) is 6.54 Å². The van der Waals surface area contributed by atoms with E-state index in [1.54, 1.807) is 6.07 Å². The number of amides is 1. The number of hydrogen-bond donors (Lipinski definition) is 1. The van der Waals surface area contributed by atoms with Crippen molar-refractivity contribution in [2.24, 2.45) is 5.73 Å². The second-order valence-electron chi connectivity index (χ2n) is 5.11. The first-order valence-corrected chi connectivity index (χ1v) is 7.23. The molecule has 1 aromatic carbocycles. The molecule has 0 saturated heterocycles. The fourth-order valence-corrected chi connectivity index (χ4v) is 2.90. The molecule has 3 nitrogen and oxygen atoms in total. The zero-order chi connectivity index (χ0) is 14.0. The quantitative estimate of drug-likeness (QED) is 0.918. The van der Waals surface area contributed by atoms with Crippen LogP contribution in [0.15, 0.2) is 12.1 Å². The number of fused-ring (bicyclic) bond motifs is 1. The molecule has 1 amide bonds. The highest BCUT2D eigenvalue weighted by molar-refractivity contribution is 6.35. The predicted molar refractivity (Wildman–Crippen MR) is 85.7 cm³/mol. The highest BCUT2D eigenvalue weighted by Crippen LogP contribution is 2.30. The van der Waals surface area contributed by atoms with E-state index >= 15 is 0 Å². The van der Waals surface area contributed by atoms with Crippen LogP contribution in [0, 0.1) is 0 Å². The average molecular weight is 338 g/mol. The minimum Gasteiger partial charge on any atom is -0.338 e. The first kappa shape index (κ1) is 17.6. The van der Waals surface area contributed by atoms with E-state index in [1.165, 1.54) is 0 Å². The van der Waals surface area contributed by atoms with E-state index in [0.717, 1.165) is 30.5 Å². The van der Waals surface area contributed by atoms with Gasteiger partial charge in [0.15, 0.2) is 0 Å². The highest BCUT2D eigenvalue weighted by Gasteiger charge is 2.22. The summed E-state index contributed by atoms with van der Waals surface area (Å²) in [6.45, 7) is 3.21. The van der Waals surface area contributed by atoms with Crippen LogP contribution in [0.4, 0.5) is 0 Å². The van der Waals surface area contributed by atoms with E-state index in [9.17, 15) is 4.79 Å². The van der Waals surface area contributed by atoms with E-state index in [4.69, 9.17) is 28.9 Å². The molecule has 0 radical (unpaired) electrons. The summed E-state index contributed by atoms with van der Waals surface area (Å²) in [5, 5.41) is 1.30. The van der Waals surface area contributed by atoms with Crippen LogP contribution in [0.25, 0.3) is 0 Å². The van der Waals surface area contributed by atoms with Crippen LogP contribution in [0.2, 0.25) is 10.0 Å². The molecule has 20 heavy (non-hydrogen) atoms. The van der Waals surface area contributed by atoms with Crippen LogP contribution in [0.5, 0.6) is 0 Å². The van der Waals surface area contributed by atoms with Gasteiger partial charge < -0.3 is 10.6 Å². The average Bonchev–Trinajstić information content (AvgIpc) is 2.35. The van der Waals surface area contributed by atoms with Crippen LogP contribution in [-0.4, -0.2) is 23.4 Å². The van der Waals surface area contributed by atoms with Crippen LogP contribution < -0.4 is 5.73 Å². The van der Waals surface area contributed by atoms with E-state index in [0.29, 0.717) is 23.0 Å². The minimum atomic E-state index is 0. The molecule has 0 aromatic heterocycles. The van der Waals surface area contributed by atoms with Gasteiger partial charge in [-0.2, -0.15) is 0 Å². The Kier molecular flexibility index (Phi) is 6.59. The summed E-state index contributed by atoms with van der Waals surface area (Å²) in [5.74, 6) is 0.147. The van der Waals surface area contributed by atoms with Gasteiger partial charge in [-0.05, 0) is 43.0 Å². The van der Waals surface area contributed by atoms with Gasteiger partial charge in [0.25, 0.3) is 0 Å². The topological polar surface area (TPSA) is 46.3 Å². The molecule has 2 rings (SSSR count). The number of hydrogen-bond acceptors (Lipinski definition) is 2. The summed E-state index contributed by atoms with van der Waals surface area (Å²) < 4.78 is 0. The number of halogens is 3. The maximum atomic E-state index is 12.1. The van der Waals surface area contributed by atoms with Gasteiger partial charge in [0, 0.05) is 35.6 Å². The Bertz CT molecular complexity index is 492. The Balaban J connectivity index is 0.00000200. The third kappa shape index (κ3) is 4.26. The number of benzene rings is 1. The molecule has 1 heterocycles. The largest absolute Gasteiger partial charge is 0.338 e. The van der Waals surface area contributed by atoms with Crippen molar-refractivity contribution in [2.45, 2.75) is 38.8 Å². The lowest BCUT2D eigenvalue weighted by molar-refractivity contribution is -0.132. The molecule has 0 saturated carbocycles. The maximum Gasteiger partial charge on any atom is 0.222 e. The molecular formula is C14H19Cl3N2O. The SMILES string of the molecule is CC(N)CCC(=O)N1CCc2cc(Cl)cc(Cl)c2C1.Cl. The van der Waals surface area contributed by atoms with E-state index in [1.807, 2.05) is 17.9 Å². The van der Waals surface area contributed by atoms with Crippen molar-refractivity contribution in [1.82, 2.24) is 4.90 Å². The molecule has 6 heteroatoms. The number of rotatable bonds is 3. The van der Waals surface area contributed by atoms with Crippen molar-refractivity contribution >= 4 is 41.5 Å². The molecule has 0 aliphatic carbocycles.